The highest BCUT2D eigenvalue weighted by atomic mass is 16.4. The predicted molar refractivity (Wildman–Crippen MR) is 122 cm³/mol. The Morgan fingerprint density at radius 1 is 0.909 bits per heavy atom. The maximum absolute atomic E-state index is 12.9. The molecule has 9 N–H and O–H groups in total. The van der Waals surface area contributed by atoms with Crippen LogP contribution in [0.2, 0.25) is 0 Å². The highest BCUT2D eigenvalue weighted by Gasteiger charge is 2.30. The van der Waals surface area contributed by atoms with E-state index in [-0.39, 0.29) is 31.1 Å². The molecule has 0 aliphatic rings. The van der Waals surface area contributed by atoms with E-state index in [0.29, 0.717) is 24.9 Å². The molecule has 0 bridgehead atoms. The highest BCUT2D eigenvalue weighted by Crippen LogP contribution is 2.12. The summed E-state index contributed by atoms with van der Waals surface area (Å²) in [6.07, 6.45) is 1.39. The third-order valence-electron chi connectivity index (χ3n) is 5.02. The molecule has 0 fully saturated rings. The Balaban J connectivity index is 2.96. The number of aliphatic carboxylic acids is 1. The number of benzene rings is 1. The van der Waals surface area contributed by atoms with E-state index in [9.17, 15) is 29.4 Å². The number of rotatable bonds is 14. The number of carbonyl (C=O) groups is 4. The fourth-order valence-corrected chi connectivity index (χ4v) is 3.13. The molecule has 0 saturated heterocycles. The number of amides is 3. The number of carbonyl (C=O) groups excluding carboxylic acids is 3. The minimum absolute atomic E-state index is 0.00794. The standard InChI is InChI=1S/C22H35N5O6/c1-13(2)19(27-18(29)12-24)21(31)25-16(5-3-4-10-23)20(30)26-17(22(32)33)11-14-6-8-15(28)9-7-14/h6-9,13,16-17,19,28H,3-5,10-12,23-24H2,1-2H3,(H,25,31)(H,26,30)(H,27,29)(H,32,33). The van der Waals surface area contributed by atoms with Crippen LogP contribution in [0.5, 0.6) is 5.75 Å². The van der Waals surface area contributed by atoms with Crippen molar-refractivity contribution in [3.05, 3.63) is 29.8 Å². The number of aromatic hydroxyl groups is 1. The molecule has 11 heteroatoms. The average molecular weight is 466 g/mol. The first kappa shape index (κ1) is 27.9. The van der Waals surface area contributed by atoms with Gasteiger partial charge in [-0.05, 0) is 49.4 Å². The quantitative estimate of drug-likeness (QED) is 0.174. The Morgan fingerprint density at radius 2 is 1.52 bits per heavy atom. The number of hydrogen-bond acceptors (Lipinski definition) is 7. The van der Waals surface area contributed by atoms with Crippen LogP contribution in [0.1, 0.15) is 38.7 Å². The van der Waals surface area contributed by atoms with Gasteiger partial charge in [0.25, 0.3) is 0 Å². The van der Waals surface area contributed by atoms with Gasteiger partial charge in [0.1, 0.15) is 23.9 Å². The summed E-state index contributed by atoms with van der Waals surface area (Å²) in [6.45, 7) is 3.60. The number of carboxylic acid groups (broad SMARTS) is 1. The Kier molecular flexibility index (Phi) is 11.9. The van der Waals surface area contributed by atoms with E-state index in [4.69, 9.17) is 11.5 Å². The Morgan fingerprint density at radius 3 is 2.03 bits per heavy atom. The number of hydrogen-bond donors (Lipinski definition) is 7. The van der Waals surface area contributed by atoms with Gasteiger partial charge in [-0.1, -0.05) is 26.0 Å². The van der Waals surface area contributed by atoms with Crippen LogP contribution in [-0.4, -0.2) is 65.1 Å². The summed E-state index contributed by atoms with van der Waals surface area (Å²) in [4.78, 5) is 49.2. The van der Waals surface area contributed by atoms with Crippen LogP contribution < -0.4 is 27.4 Å². The van der Waals surface area contributed by atoms with Gasteiger partial charge in [0, 0.05) is 6.42 Å². The summed E-state index contributed by atoms with van der Waals surface area (Å²) in [6, 6.07) is 2.81. The minimum Gasteiger partial charge on any atom is -0.508 e. The number of carboxylic acids is 1. The lowest BCUT2D eigenvalue weighted by atomic mass is 10.0. The fraction of sp³-hybridized carbons (Fsp3) is 0.545. The van der Waals surface area contributed by atoms with Gasteiger partial charge in [0.2, 0.25) is 17.7 Å². The highest BCUT2D eigenvalue weighted by molar-refractivity contribution is 5.93. The Labute approximate surface area is 193 Å². The molecule has 0 aromatic heterocycles. The topological polar surface area (TPSA) is 197 Å². The largest absolute Gasteiger partial charge is 0.508 e. The van der Waals surface area contributed by atoms with Crippen LogP contribution in [0.4, 0.5) is 0 Å². The monoisotopic (exact) mass is 465 g/mol. The molecule has 0 saturated carbocycles. The lowest BCUT2D eigenvalue weighted by molar-refractivity contribution is -0.142. The van der Waals surface area contributed by atoms with Gasteiger partial charge in [-0.15, -0.1) is 0 Å². The normalized spacial score (nSPS) is 13.6. The van der Waals surface area contributed by atoms with Crippen molar-refractivity contribution in [1.82, 2.24) is 16.0 Å². The van der Waals surface area contributed by atoms with Crippen molar-refractivity contribution in [3.8, 4) is 5.75 Å². The molecule has 1 aromatic carbocycles. The zero-order valence-corrected chi connectivity index (χ0v) is 19.0. The summed E-state index contributed by atoms with van der Waals surface area (Å²) in [7, 11) is 0. The van der Waals surface area contributed by atoms with E-state index in [1.54, 1.807) is 26.0 Å². The van der Waals surface area contributed by atoms with Crippen molar-refractivity contribution in [2.24, 2.45) is 17.4 Å². The molecule has 0 radical (unpaired) electrons. The number of phenolic OH excluding ortho intramolecular Hbond substituents is 1. The Hall–Kier alpha value is -3.18. The first-order chi connectivity index (χ1) is 15.6. The van der Waals surface area contributed by atoms with Gasteiger partial charge < -0.3 is 37.6 Å². The second-order valence-electron chi connectivity index (χ2n) is 8.11. The minimum atomic E-state index is -1.24. The van der Waals surface area contributed by atoms with Crippen molar-refractivity contribution in [1.29, 1.82) is 0 Å². The van der Waals surface area contributed by atoms with Crippen LogP contribution in [0.3, 0.4) is 0 Å². The molecule has 33 heavy (non-hydrogen) atoms. The van der Waals surface area contributed by atoms with Crippen LogP contribution in [0.25, 0.3) is 0 Å². The summed E-state index contributed by atoms with van der Waals surface area (Å²) in [5.74, 6) is -3.19. The van der Waals surface area contributed by atoms with Crippen LogP contribution in [0, 0.1) is 5.92 Å². The van der Waals surface area contributed by atoms with Crippen LogP contribution >= 0.6 is 0 Å². The SMILES string of the molecule is CC(C)C(NC(=O)CN)C(=O)NC(CCCCN)C(=O)NC(Cc1ccc(O)cc1)C(=O)O. The maximum Gasteiger partial charge on any atom is 0.326 e. The first-order valence-corrected chi connectivity index (χ1v) is 10.9. The van der Waals surface area contributed by atoms with Crippen molar-refractivity contribution < 1.29 is 29.4 Å². The smallest absolute Gasteiger partial charge is 0.326 e. The molecule has 3 atom stereocenters. The van der Waals surface area contributed by atoms with E-state index in [2.05, 4.69) is 16.0 Å². The van der Waals surface area contributed by atoms with Crippen molar-refractivity contribution in [2.75, 3.05) is 13.1 Å². The lowest BCUT2D eigenvalue weighted by Crippen LogP contribution is -2.57. The third-order valence-corrected chi connectivity index (χ3v) is 5.02. The molecule has 11 nitrogen and oxygen atoms in total. The summed E-state index contributed by atoms with van der Waals surface area (Å²) in [5.41, 5.74) is 11.4. The number of nitrogens with one attached hydrogen (secondary N) is 3. The van der Waals surface area contributed by atoms with Gasteiger partial charge in [-0.2, -0.15) is 0 Å². The molecule has 0 aliphatic heterocycles. The van der Waals surface area contributed by atoms with Gasteiger partial charge >= 0.3 is 5.97 Å². The third kappa shape index (κ3) is 9.87. The molecule has 0 aliphatic carbocycles. The van der Waals surface area contributed by atoms with Gasteiger partial charge in [0.15, 0.2) is 0 Å². The lowest BCUT2D eigenvalue weighted by Gasteiger charge is -2.26. The molecule has 1 aromatic rings. The predicted octanol–water partition coefficient (Wildman–Crippen LogP) is -0.783. The number of unbranched alkanes of at least 4 members (excludes halogenated alkanes) is 1. The van der Waals surface area contributed by atoms with Gasteiger partial charge in [0.05, 0.1) is 6.54 Å². The Bertz CT molecular complexity index is 799. The van der Waals surface area contributed by atoms with E-state index < -0.39 is 41.8 Å². The zero-order valence-electron chi connectivity index (χ0n) is 19.0. The van der Waals surface area contributed by atoms with Crippen LogP contribution in [-0.2, 0) is 25.6 Å². The molecule has 0 spiro atoms. The maximum atomic E-state index is 12.9. The number of phenols is 1. The van der Waals surface area contributed by atoms with Gasteiger partial charge in [-0.25, -0.2) is 4.79 Å². The summed E-state index contributed by atoms with van der Waals surface area (Å²) < 4.78 is 0. The molecular weight excluding hydrogens is 430 g/mol. The summed E-state index contributed by atoms with van der Waals surface area (Å²) in [5, 5.41) is 26.6. The van der Waals surface area contributed by atoms with Gasteiger partial charge in [-0.3, -0.25) is 14.4 Å². The second-order valence-corrected chi connectivity index (χ2v) is 8.11. The van der Waals surface area contributed by atoms with Crippen molar-refractivity contribution in [2.45, 2.75) is 57.7 Å². The van der Waals surface area contributed by atoms with E-state index in [1.165, 1.54) is 12.1 Å². The average Bonchev–Trinajstić information content (AvgIpc) is 2.77. The molecular formula is C22H35N5O6. The van der Waals surface area contributed by atoms with E-state index >= 15 is 0 Å². The van der Waals surface area contributed by atoms with E-state index in [1.807, 2.05) is 0 Å². The van der Waals surface area contributed by atoms with Crippen molar-refractivity contribution in [3.63, 3.8) is 0 Å². The molecule has 184 valence electrons. The fourth-order valence-electron chi connectivity index (χ4n) is 3.13. The molecule has 1 rings (SSSR count). The van der Waals surface area contributed by atoms with Crippen LogP contribution in [0.15, 0.2) is 24.3 Å². The first-order valence-electron chi connectivity index (χ1n) is 10.9. The summed E-state index contributed by atoms with van der Waals surface area (Å²) >= 11 is 0. The molecule has 3 unspecified atom stereocenters. The van der Waals surface area contributed by atoms with E-state index in [0.717, 1.165) is 0 Å². The molecule has 0 heterocycles. The zero-order chi connectivity index (χ0) is 25.0. The second kappa shape index (κ2) is 14.1. The molecule has 3 amide bonds. The number of nitrogens with two attached hydrogens (primary N) is 2. The van der Waals surface area contributed by atoms with Crippen molar-refractivity contribution >= 4 is 23.7 Å².